The van der Waals surface area contributed by atoms with Crippen molar-refractivity contribution in [2.75, 3.05) is 5.75 Å². The minimum Gasteiger partial charge on any atom is -0.475 e. The molecule has 0 fully saturated rings. The first-order valence-corrected chi connectivity index (χ1v) is 6.76. The summed E-state index contributed by atoms with van der Waals surface area (Å²) in [5.41, 5.74) is 2.84. The molecule has 0 aliphatic heterocycles. The third kappa shape index (κ3) is 2.04. The molecule has 4 heteroatoms. The van der Waals surface area contributed by atoms with Gasteiger partial charge in [-0.1, -0.05) is 36.0 Å². The topological polar surface area (TPSA) is 50.4 Å². The Morgan fingerprint density at radius 2 is 2.17 bits per heavy atom. The highest BCUT2D eigenvalue weighted by atomic mass is 32.2. The number of benzene rings is 1. The third-order valence-electron chi connectivity index (χ3n) is 3.18. The average Bonchev–Trinajstić information content (AvgIpc) is 2.79. The molecular formula is C14H12O3S. The van der Waals surface area contributed by atoms with Crippen molar-refractivity contribution in [2.24, 2.45) is 0 Å². The predicted octanol–water partition coefficient (Wildman–Crippen LogP) is 3.41. The van der Waals surface area contributed by atoms with E-state index in [0.29, 0.717) is 11.0 Å². The molecule has 1 N–H and O–H groups in total. The van der Waals surface area contributed by atoms with Gasteiger partial charge < -0.3 is 9.52 Å². The van der Waals surface area contributed by atoms with Crippen molar-refractivity contribution >= 4 is 17.7 Å². The first-order valence-electron chi connectivity index (χ1n) is 5.78. The monoisotopic (exact) mass is 260 g/mol. The number of thioether (sulfide) groups is 1. The van der Waals surface area contributed by atoms with Crippen LogP contribution in [-0.2, 0) is 6.42 Å². The Hall–Kier alpha value is -1.68. The van der Waals surface area contributed by atoms with Gasteiger partial charge in [0.05, 0.1) is 0 Å². The van der Waals surface area contributed by atoms with Crippen LogP contribution >= 0.6 is 11.8 Å². The second-order valence-electron chi connectivity index (χ2n) is 4.33. The molecule has 1 heterocycles. The van der Waals surface area contributed by atoms with Gasteiger partial charge in [-0.15, -0.1) is 0 Å². The number of carbonyl (C=O) groups is 1. The number of fused-ring (bicyclic) bond motifs is 1. The summed E-state index contributed by atoms with van der Waals surface area (Å²) in [4.78, 5) is 10.7. The van der Waals surface area contributed by atoms with Crippen molar-refractivity contribution in [1.82, 2.24) is 0 Å². The molecule has 1 aliphatic carbocycles. The molecule has 0 radical (unpaired) electrons. The first kappa shape index (κ1) is 11.4. The summed E-state index contributed by atoms with van der Waals surface area (Å²) in [5, 5.41) is 9.44. The summed E-state index contributed by atoms with van der Waals surface area (Å²) in [5.74, 6) is 0.482. The molecular weight excluding hydrogens is 248 g/mol. The summed E-state index contributed by atoms with van der Waals surface area (Å²) in [6.45, 7) is 0. The lowest BCUT2D eigenvalue weighted by molar-refractivity contribution is 0.0656. The van der Waals surface area contributed by atoms with Crippen LogP contribution in [0.5, 0.6) is 0 Å². The van der Waals surface area contributed by atoms with Crippen molar-refractivity contribution in [3.63, 3.8) is 0 Å². The Labute approximate surface area is 109 Å². The Kier molecular flexibility index (Phi) is 2.88. The van der Waals surface area contributed by atoms with Gasteiger partial charge in [-0.05, 0) is 35.6 Å². The second-order valence-corrected chi connectivity index (χ2v) is 5.36. The molecule has 0 saturated heterocycles. The Morgan fingerprint density at radius 3 is 2.89 bits per heavy atom. The zero-order valence-electron chi connectivity index (χ0n) is 9.63. The first-order chi connectivity index (χ1) is 8.74. The number of hydrogen-bond acceptors (Lipinski definition) is 3. The smallest absolute Gasteiger partial charge is 0.371 e. The summed E-state index contributed by atoms with van der Waals surface area (Å²) >= 11 is 1.58. The van der Waals surface area contributed by atoms with Crippen LogP contribution in [0.1, 0.15) is 27.6 Å². The van der Waals surface area contributed by atoms with Crippen molar-refractivity contribution < 1.29 is 14.3 Å². The molecule has 92 valence electrons. The molecule has 1 aromatic heterocycles. The predicted molar refractivity (Wildman–Crippen MR) is 69.3 cm³/mol. The maximum atomic E-state index is 10.7. The molecule has 0 saturated carbocycles. The molecule has 1 aromatic carbocycles. The number of hydrogen-bond donors (Lipinski definition) is 1. The normalized spacial score (nSPS) is 17.0. The number of aromatic carboxylic acids is 1. The molecule has 3 rings (SSSR count). The van der Waals surface area contributed by atoms with Crippen LogP contribution in [0.3, 0.4) is 0 Å². The van der Waals surface area contributed by atoms with Gasteiger partial charge in [0, 0.05) is 5.75 Å². The van der Waals surface area contributed by atoms with Gasteiger partial charge in [0.25, 0.3) is 0 Å². The van der Waals surface area contributed by atoms with Gasteiger partial charge in [-0.3, -0.25) is 0 Å². The summed E-state index contributed by atoms with van der Waals surface area (Å²) in [6, 6.07) is 11.7. The SMILES string of the molecule is O=C(O)c1ccc(SCC2Cc3ccccc32)o1. The van der Waals surface area contributed by atoms with E-state index < -0.39 is 5.97 Å². The van der Waals surface area contributed by atoms with Crippen LogP contribution in [-0.4, -0.2) is 16.8 Å². The van der Waals surface area contributed by atoms with Crippen molar-refractivity contribution in [2.45, 2.75) is 17.4 Å². The molecule has 2 aromatic rings. The summed E-state index contributed by atoms with van der Waals surface area (Å²) in [7, 11) is 0. The zero-order chi connectivity index (χ0) is 12.5. The molecule has 1 unspecified atom stereocenters. The van der Waals surface area contributed by atoms with Gasteiger partial charge in [-0.2, -0.15) is 0 Å². The van der Waals surface area contributed by atoms with Gasteiger partial charge in [0.15, 0.2) is 5.09 Å². The van der Waals surface area contributed by atoms with E-state index in [1.54, 1.807) is 17.8 Å². The van der Waals surface area contributed by atoms with E-state index in [9.17, 15) is 4.79 Å². The molecule has 3 nitrogen and oxygen atoms in total. The molecule has 0 amide bonds. The highest BCUT2D eigenvalue weighted by Crippen LogP contribution is 2.38. The van der Waals surface area contributed by atoms with Crippen LogP contribution in [0.25, 0.3) is 0 Å². The molecule has 0 bridgehead atoms. The molecule has 0 spiro atoms. The van der Waals surface area contributed by atoms with Crippen LogP contribution < -0.4 is 0 Å². The second kappa shape index (κ2) is 4.53. The minimum absolute atomic E-state index is 0.00603. The van der Waals surface area contributed by atoms with Crippen molar-refractivity contribution in [3.8, 4) is 0 Å². The van der Waals surface area contributed by atoms with E-state index in [1.807, 2.05) is 0 Å². The fourth-order valence-corrected chi connectivity index (χ4v) is 3.18. The largest absolute Gasteiger partial charge is 0.475 e. The maximum Gasteiger partial charge on any atom is 0.371 e. The maximum absolute atomic E-state index is 10.7. The highest BCUT2D eigenvalue weighted by Gasteiger charge is 2.25. The van der Waals surface area contributed by atoms with Crippen LogP contribution in [0, 0.1) is 0 Å². The lowest BCUT2D eigenvalue weighted by atomic mass is 9.79. The fraction of sp³-hybridized carbons (Fsp3) is 0.214. The molecule has 1 aliphatic rings. The number of rotatable bonds is 4. The van der Waals surface area contributed by atoms with E-state index >= 15 is 0 Å². The Bertz CT molecular complexity index is 588. The summed E-state index contributed by atoms with van der Waals surface area (Å²) in [6.07, 6.45) is 1.11. The number of carboxylic acids is 1. The van der Waals surface area contributed by atoms with E-state index in [1.165, 1.54) is 17.2 Å². The molecule has 1 atom stereocenters. The minimum atomic E-state index is -1.02. The van der Waals surface area contributed by atoms with Gasteiger partial charge in [-0.25, -0.2) is 4.79 Å². The highest BCUT2D eigenvalue weighted by molar-refractivity contribution is 7.99. The van der Waals surface area contributed by atoms with E-state index in [-0.39, 0.29) is 5.76 Å². The van der Waals surface area contributed by atoms with E-state index in [2.05, 4.69) is 24.3 Å². The lowest BCUT2D eigenvalue weighted by Crippen LogP contribution is -2.18. The van der Waals surface area contributed by atoms with Crippen LogP contribution in [0.15, 0.2) is 45.9 Å². The number of furan rings is 1. The van der Waals surface area contributed by atoms with E-state index in [0.717, 1.165) is 12.2 Å². The van der Waals surface area contributed by atoms with Gasteiger partial charge in [0.2, 0.25) is 5.76 Å². The average molecular weight is 260 g/mol. The Balaban J connectivity index is 1.61. The van der Waals surface area contributed by atoms with Crippen molar-refractivity contribution in [3.05, 3.63) is 53.3 Å². The van der Waals surface area contributed by atoms with Crippen molar-refractivity contribution in [1.29, 1.82) is 0 Å². The van der Waals surface area contributed by atoms with Gasteiger partial charge in [0.1, 0.15) is 0 Å². The number of carboxylic acid groups (broad SMARTS) is 1. The van der Waals surface area contributed by atoms with Gasteiger partial charge >= 0.3 is 5.97 Å². The van der Waals surface area contributed by atoms with Crippen LogP contribution in [0.2, 0.25) is 0 Å². The fourth-order valence-electron chi connectivity index (χ4n) is 2.21. The third-order valence-corrected chi connectivity index (χ3v) is 4.25. The Morgan fingerprint density at radius 1 is 1.33 bits per heavy atom. The zero-order valence-corrected chi connectivity index (χ0v) is 10.4. The molecule has 18 heavy (non-hydrogen) atoms. The summed E-state index contributed by atoms with van der Waals surface area (Å²) < 4.78 is 5.22. The quantitative estimate of drug-likeness (QED) is 0.856. The standard InChI is InChI=1S/C14H12O3S/c15-14(16)12-5-6-13(17-12)18-8-10-7-9-3-1-2-4-11(9)10/h1-6,10H,7-8H2,(H,15,16). The lowest BCUT2D eigenvalue weighted by Gasteiger charge is -2.29. The van der Waals surface area contributed by atoms with Crippen LogP contribution in [0.4, 0.5) is 0 Å². The van der Waals surface area contributed by atoms with E-state index in [4.69, 9.17) is 9.52 Å².